The molecule has 0 fully saturated rings. The van der Waals surface area contributed by atoms with E-state index >= 15 is 0 Å². The van der Waals surface area contributed by atoms with Crippen molar-refractivity contribution >= 4 is 18.0 Å². The van der Waals surface area contributed by atoms with Gasteiger partial charge in [-0.25, -0.2) is 4.98 Å². The molecule has 86 valence electrons. The van der Waals surface area contributed by atoms with Crippen LogP contribution in [-0.2, 0) is 0 Å². The average Bonchev–Trinajstić information content (AvgIpc) is 2.34. The number of aromatic nitrogens is 1. The van der Waals surface area contributed by atoms with Crippen LogP contribution in [0.3, 0.4) is 0 Å². The second-order valence-corrected chi connectivity index (χ2v) is 4.63. The summed E-state index contributed by atoms with van der Waals surface area (Å²) >= 11 is 1.61. The van der Waals surface area contributed by atoms with Crippen molar-refractivity contribution in [1.82, 2.24) is 4.98 Å². The van der Waals surface area contributed by atoms with Crippen LogP contribution in [0.1, 0.15) is 11.1 Å². The third-order valence-corrected chi connectivity index (χ3v) is 3.23. The van der Waals surface area contributed by atoms with Gasteiger partial charge in [-0.3, -0.25) is 0 Å². The lowest BCUT2D eigenvalue weighted by atomic mass is 10.2. The molecule has 0 amide bonds. The van der Waals surface area contributed by atoms with E-state index in [1.54, 1.807) is 18.0 Å². The summed E-state index contributed by atoms with van der Waals surface area (Å²) in [6.07, 6.45) is 3.10. The van der Waals surface area contributed by atoms with Crippen molar-refractivity contribution < 1.29 is 5.21 Å². The second-order valence-electron chi connectivity index (χ2n) is 3.54. The summed E-state index contributed by atoms with van der Waals surface area (Å²) in [5.41, 5.74) is 1.86. The molecule has 0 aliphatic carbocycles. The molecule has 1 aromatic carbocycles. The Morgan fingerprint density at radius 2 is 2.06 bits per heavy atom. The van der Waals surface area contributed by atoms with Crippen molar-refractivity contribution in [3.63, 3.8) is 0 Å². The van der Waals surface area contributed by atoms with Crippen LogP contribution in [0, 0.1) is 6.92 Å². The molecule has 0 saturated carbocycles. The second kappa shape index (κ2) is 5.50. The summed E-state index contributed by atoms with van der Waals surface area (Å²) in [7, 11) is 0. The van der Waals surface area contributed by atoms with Crippen molar-refractivity contribution in [2.75, 3.05) is 0 Å². The van der Waals surface area contributed by atoms with Gasteiger partial charge in [0, 0.05) is 16.7 Å². The smallest absolute Gasteiger partial charge is 0.101 e. The first kappa shape index (κ1) is 11.7. The van der Waals surface area contributed by atoms with Crippen LogP contribution >= 0.6 is 11.8 Å². The molecular formula is C13H12N2OS. The zero-order valence-electron chi connectivity index (χ0n) is 9.37. The van der Waals surface area contributed by atoms with E-state index in [1.807, 2.05) is 43.3 Å². The molecule has 1 N–H and O–H groups in total. The molecule has 17 heavy (non-hydrogen) atoms. The van der Waals surface area contributed by atoms with Gasteiger partial charge >= 0.3 is 0 Å². The highest BCUT2D eigenvalue weighted by Gasteiger charge is 2.01. The maximum absolute atomic E-state index is 8.49. The zero-order chi connectivity index (χ0) is 12.1. The van der Waals surface area contributed by atoms with Crippen LogP contribution in [0.4, 0.5) is 0 Å². The standard InChI is InChI=1S/C13H12N2OS/c1-10-7-13(14-8-11(10)9-15-16)17-12-5-3-2-4-6-12/h2-9,16H,1H3. The highest BCUT2D eigenvalue weighted by molar-refractivity contribution is 7.99. The molecule has 1 aromatic heterocycles. The molecule has 0 aliphatic heterocycles. The highest BCUT2D eigenvalue weighted by Crippen LogP contribution is 2.26. The van der Waals surface area contributed by atoms with Gasteiger partial charge in [0.15, 0.2) is 0 Å². The van der Waals surface area contributed by atoms with Gasteiger partial charge in [0.25, 0.3) is 0 Å². The Morgan fingerprint density at radius 1 is 1.29 bits per heavy atom. The number of hydrogen-bond donors (Lipinski definition) is 1. The summed E-state index contributed by atoms with van der Waals surface area (Å²) in [6.45, 7) is 1.97. The monoisotopic (exact) mass is 244 g/mol. The third kappa shape index (κ3) is 3.07. The summed E-state index contributed by atoms with van der Waals surface area (Å²) in [6, 6.07) is 12.1. The molecule has 2 rings (SSSR count). The Bertz CT molecular complexity index is 526. The van der Waals surface area contributed by atoms with Gasteiger partial charge in [-0.05, 0) is 30.7 Å². The minimum Gasteiger partial charge on any atom is -0.411 e. The first-order valence-electron chi connectivity index (χ1n) is 5.16. The molecule has 0 aliphatic rings. The largest absolute Gasteiger partial charge is 0.411 e. The summed E-state index contributed by atoms with van der Waals surface area (Å²) in [5, 5.41) is 12.4. The molecule has 0 bridgehead atoms. The number of nitrogens with zero attached hydrogens (tertiary/aromatic N) is 2. The SMILES string of the molecule is Cc1cc(Sc2ccccc2)ncc1C=NO. The molecule has 1 heterocycles. The minimum atomic E-state index is 0.824. The minimum absolute atomic E-state index is 0.824. The number of hydrogen-bond acceptors (Lipinski definition) is 4. The van der Waals surface area contributed by atoms with E-state index in [1.165, 1.54) is 6.21 Å². The van der Waals surface area contributed by atoms with E-state index in [-0.39, 0.29) is 0 Å². The first-order chi connectivity index (χ1) is 8.29. The predicted molar refractivity (Wildman–Crippen MR) is 68.9 cm³/mol. The van der Waals surface area contributed by atoms with Crippen LogP contribution in [0.15, 0.2) is 57.7 Å². The first-order valence-corrected chi connectivity index (χ1v) is 5.98. The molecule has 3 nitrogen and oxygen atoms in total. The summed E-state index contributed by atoms with van der Waals surface area (Å²) < 4.78 is 0. The molecule has 0 atom stereocenters. The van der Waals surface area contributed by atoms with E-state index in [0.29, 0.717) is 0 Å². The fourth-order valence-corrected chi connectivity index (χ4v) is 2.28. The fourth-order valence-electron chi connectivity index (χ4n) is 1.40. The number of aryl methyl sites for hydroxylation is 1. The Balaban J connectivity index is 2.21. The van der Waals surface area contributed by atoms with Crippen molar-refractivity contribution in [1.29, 1.82) is 0 Å². The lowest BCUT2D eigenvalue weighted by Gasteiger charge is -2.03. The van der Waals surface area contributed by atoms with E-state index in [9.17, 15) is 0 Å². The van der Waals surface area contributed by atoms with E-state index < -0.39 is 0 Å². The van der Waals surface area contributed by atoms with Crippen molar-refractivity contribution in [2.24, 2.45) is 5.16 Å². The van der Waals surface area contributed by atoms with Crippen LogP contribution in [0.25, 0.3) is 0 Å². The van der Waals surface area contributed by atoms with Crippen LogP contribution in [0.2, 0.25) is 0 Å². The van der Waals surface area contributed by atoms with E-state index in [2.05, 4.69) is 10.1 Å². The maximum Gasteiger partial charge on any atom is 0.101 e. The maximum atomic E-state index is 8.49. The molecule has 0 saturated heterocycles. The Hall–Kier alpha value is -1.81. The molecule has 0 spiro atoms. The molecule has 2 aromatic rings. The quantitative estimate of drug-likeness (QED) is 0.511. The van der Waals surface area contributed by atoms with Gasteiger partial charge in [0.1, 0.15) is 5.03 Å². The molecular weight excluding hydrogens is 232 g/mol. The lowest BCUT2D eigenvalue weighted by Crippen LogP contribution is -1.90. The topological polar surface area (TPSA) is 45.5 Å². The number of pyridine rings is 1. The molecule has 4 heteroatoms. The van der Waals surface area contributed by atoms with Gasteiger partial charge in [-0.1, -0.05) is 35.1 Å². The van der Waals surface area contributed by atoms with Gasteiger partial charge in [0.05, 0.1) is 6.21 Å². The lowest BCUT2D eigenvalue weighted by molar-refractivity contribution is 0.322. The zero-order valence-corrected chi connectivity index (χ0v) is 10.2. The summed E-state index contributed by atoms with van der Waals surface area (Å²) in [5.74, 6) is 0. The Kier molecular flexibility index (Phi) is 3.77. The third-order valence-electron chi connectivity index (χ3n) is 2.29. The van der Waals surface area contributed by atoms with Crippen LogP contribution in [-0.4, -0.2) is 16.4 Å². The Morgan fingerprint density at radius 3 is 2.71 bits per heavy atom. The number of oxime groups is 1. The van der Waals surface area contributed by atoms with E-state index in [4.69, 9.17) is 5.21 Å². The van der Waals surface area contributed by atoms with Crippen LogP contribution < -0.4 is 0 Å². The van der Waals surface area contributed by atoms with Gasteiger partial charge in [-0.2, -0.15) is 0 Å². The van der Waals surface area contributed by atoms with Gasteiger partial charge in [-0.15, -0.1) is 0 Å². The van der Waals surface area contributed by atoms with Crippen molar-refractivity contribution in [2.45, 2.75) is 16.8 Å². The molecule has 0 radical (unpaired) electrons. The summed E-state index contributed by atoms with van der Waals surface area (Å²) in [4.78, 5) is 5.47. The predicted octanol–water partition coefficient (Wildman–Crippen LogP) is 3.35. The number of benzene rings is 1. The Labute approximate surface area is 104 Å². The number of rotatable bonds is 3. The van der Waals surface area contributed by atoms with Crippen LogP contribution in [0.5, 0.6) is 0 Å². The average molecular weight is 244 g/mol. The van der Waals surface area contributed by atoms with Gasteiger partial charge < -0.3 is 5.21 Å². The van der Waals surface area contributed by atoms with Crippen molar-refractivity contribution in [3.8, 4) is 0 Å². The highest BCUT2D eigenvalue weighted by atomic mass is 32.2. The van der Waals surface area contributed by atoms with E-state index in [0.717, 1.165) is 21.0 Å². The normalized spacial score (nSPS) is 10.9. The van der Waals surface area contributed by atoms with Crippen molar-refractivity contribution in [3.05, 3.63) is 53.7 Å². The molecule has 0 unspecified atom stereocenters. The van der Waals surface area contributed by atoms with Gasteiger partial charge in [0.2, 0.25) is 0 Å². The fraction of sp³-hybridized carbons (Fsp3) is 0.0769.